The van der Waals surface area contributed by atoms with E-state index in [0.29, 0.717) is 11.3 Å². The van der Waals surface area contributed by atoms with Gasteiger partial charge in [0.25, 0.3) is 0 Å². The molecule has 2 atom stereocenters. The Hall–Kier alpha value is -1.34. The molecule has 2 aromatic heterocycles. The first-order valence-corrected chi connectivity index (χ1v) is 8.37. The molecular weight excluding hydrogens is 284 g/mol. The Labute approximate surface area is 129 Å². The average Bonchev–Trinajstić information content (AvgIpc) is 2.83. The molecule has 0 aliphatic carbocycles. The van der Waals surface area contributed by atoms with Crippen LogP contribution in [0.4, 0.5) is 5.82 Å². The van der Waals surface area contributed by atoms with Crippen LogP contribution >= 0.6 is 11.8 Å². The predicted molar refractivity (Wildman–Crippen MR) is 87.3 cm³/mol. The van der Waals surface area contributed by atoms with E-state index in [1.807, 2.05) is 6.33 Å². The van der Waals surface area contributed by atoms with Gasteiger partial charge in [-0.2, -0.15) is 11.8 Å². The lowest BCUT2D eigenvalue weighted by Crippen LogP contribution is -2.41. The fourth-order valence-electron chi connectivity index (χ4n) is 2.99. The highest BCUT2D eigenvalue weighted by atomic mass is 32.2. The number of rotatable bonds is 4. The molecule has 1 aliphatic heterocycles. The first-order chi connectivity index (χ1) is 10.1. The highest BCUT2D eigenvalue weighted by molar-refractivity contribution is 8.00. The zero-order valence-electron chi connectivity index (χ0n) is 12.6. The number of thioether (sulfide) groups is 1. The van der Waals surface area contributed by atoms with Crippen LogP contribution in [0.15, 0.2) is 12.7 Å². The summed E-state index contributed by atoms with van der Waals surface area (Å²) >= 11 is 2.09. The largest absolute Gasteiger partial charge is 0.382 e. The maximum absolute atomic E-state index is 5.81. The average molecular weight is 306 g/mol. The third kappa shape index (κ3) is 3.29. The van der Waals surface area contributed by atoms with Crippen LogP contribution in [0.5, 0.6) is 0 Å². The van der Waals surface area contributed by atoms with Gasteiger partial charge in [-0.05, 0) is 13.0 Å². The zero-order valence-corrected chi connectivity index (χ0v) is 13.4. The zero-order chi connectivity index (χ0) is 14.8. The monoisotopic (exact) mass is 306 g/mol. The highest BCUT2D eigenvalue weighted by Gasteiger charge is 2.21. The Bertz CT molecular complexity index is 603. The summed E-state index contributed by atoms with van der Waals surface area (Å²) in [6.45, 7) is 9.05. The van der Waals surface area contributed by atoms with E-state index in [4.69, 9.17) is 5.73 Å². The van der Waals surface area contributed by atoms with Gasteiger partial charge in [0.1, 0.15) is 11.8 Å². The molecule has 21 heavy (non-hydrogen) atoms. The van der Waals surface area contributed by atoms with Gasteiger partial charge in [0, 0.05) is 30.1 Å². The fourth-order valence-corrected chi connectivity index (χ4v) is 4.38. The maximum Gasteiger partial charge on any atom is 0.165 e. The fraction of sp³-hybridized carbons (Fsp3) is 0.643. The van der Waals surface area contributed by atoms with Crippen LogP contribution < -0.4 is 5.73 Å². The van der Waals surface area contributed by atoms with Crippen LogP contribution in [-0.2, 0) is 6.54 Å². The second-order valence-corrected chi connectivity index (χ2v) is 7.62. The highest BCUT2D eigenvalue weighted by Crippen LogP contribution is 2.24. The number of hydrogen-bond donors (Lipinski definition) is 1. The SMILES string of the molecule is CC1CN(CCCn2cnc3c(N)ncnc32)CC(C)S1. The molecule has 0 radical (unpaired) electrons. The van der Waals surface area contributed by atoms with Gasteiger partial charge < -0.3 is 15.2 Å². The molecule has 3 heterocycles. The van der Waals surface area contributed by atoms with Crippen LogP contribution in [0, 0.1) is 0 Å². The van der Waals surface area contributed by atoms with Crippen molar-refractivity contribution in [2.24, 2.45) is 0 Å². The van der Waals surface area contributed by atoms with Gasteiger partial charge in [-0.25, -0.2) is 15.0 Å². The first kappa shape index (κ1) is 14.6. The van der Waals surface area contributed by atoms with Crippen molar-refractivity contribution in [1.82, 2.24) is 24.4 Å². The van der Waals surface area contributed by atoms with E-state index in [-0.39, 0.29) is 0 Å². The number of anilines is 1. The summed E-state index contributed by atoms with van der Waals surface area (Å²) in [6.07, 6.45) is 4.41. The second-order valence-electron chi connectivity index (χ2n) is 5.74. The number of hydrogen-bond acceptors (Lipinski definition) is 6. The van der Waals surface area contributed by atoms with Crippen LogP contribution in [0.25, 0.3) is 11.2 Å². The molecule has 3 rings (SSSR count). The number of imidazole rings is 1. The molecule has 0 bridgehead atoms. The van der Waals surface area contributed by atoms with E-state index >= 15 is 0 Å². The van der Waals surface area contributed by atoms with Gasteiger partial charge in [0.05, 0.1) is 6.33 Å². The minimum absolute atomic E-state index is 0.453. The Kier molecular flexibility index (Phi) is 4.30. The smallest absolute Gasteiger partial charge is 0.165 e. The minimum Gasteiger partial charge on any atom is -0.382 e. The molecule has 1 fully saturated rings. The second kappa shape index (κ2) is 6.19. The van der Waals surface area contributed by atoms with Crippen LogP contribution in [-0.4, -0.2) is 54.6 Å². The molecule has 0 spiro atoms. The van der Waals surface area contributed by atoms with Gasteiger partial charge >= 0.3 is 0 Å². The summed E-state index contributed by atoms with van der Waals surface area (Å²) in [7, 11) is 0. The van der Waals surface area contributed by atoms with Gasteiger partial charge in [0.15, 0.2) is 11.5 Å². The third-order valence-electron chi connectivity index (χ3n) is 3.80. The van der Waals surface area contributed by atoms with E-state index in [0.717, 1.165) is 35.7 Å². The molecule has 2 aromatic rings. The normalized spacial score (nSPS) is 23.7. The maximum atomic E-state index is 5.81. The molecule has 2 N–H and O–H groups in total. The van der Waals surface area contributed by atoms with Crippen LogP contribution in [0.2, 0.25) is 0 Å². The Morgan fingerprint density at radius 2 is 1.95 bits per heavy atom. The molecule has 114 valence electrons. The summed E-state index contributed by atoms with van der Waals surface area (Å²) in [6, 6.07) is 0. The van der Waals surface area contributed by atoms with Crippen molar-refractivity contribution < 1.29 is 0 Å². The molecular formula is C14H22N6S. The van der Waals surface area contributed by atoms with Crippen molar-refractivity contribution in [2.75, 3.05) is 25.4 Å². The van der Waals surface area contributed by atoms with Crippen molar-refractivity contribution in [3.8, 4) is 0 Å². The van der Waals surface area contributed by atoms with Crippen molar-refractivity contribution in [3.63, 3.8) is 0 Å². The van der Waals surface area contributed by atoms with Crippen molar-refractivity contribution in [3.05, 3.63) is 12.7 Å². The third-order valence-corrected chi connectivity index (χ3v) is 5.03. The number of aromatic nitrogens is 4. The van der Waals surface area contributed by atoms with E-state index in [1.165, 1.54) is 19.4 Å². The van der Waals surface area contributed by atoms with Crippen molar-refractivity contribution in [1.29, 1.82) is 0 Å². The topological polar surface area (TPSA) is 72.9 Å². The molecule has 7 heteroatoms. The summed E-state index contributed by atoms with van der Waals surface area (Å²) < 4.78 is 2.07. The lowest BCUT2D eigenvalue weighted by atomic mass is 10.3. The Balaban J connectivity index is 1.58. The molecule has 0 saturated carbocycles. The summed E-state index contributed by atoms with van der Waals surface area (Å²) in [5, 5.41) is 1.46. The Morgan fingerprint density at radius 1 is 1.19 bits per heavy atom. The molecule has 6 nitrogen and oxygen atoms in total. The van der Waals surface area contributed by atoms with E-state index in [9.17, 15) is 0 Å². The van der Waals surface area contributed by atoms with Crippen LogP contribution in [0.1, 0.15) is 20.3 Å². The minimum atomic E-state index is 0.453. The summed E-state index contributed by atoms with van der Waals surface area (Å²) in [5.41, 5.74) is 7.34. The van der Waals surface area contributed by atoms with E-state index in [2.05, 4.69) is 50.0 Å². The number of nitrogen functional groups attached to an aromatic ring is 1. The summed E-state index contributed by atoms with van der Waals surface area (Å²) in [4.78, 5) is 15.1. The predicted octanol–water partition coefficient (Wildman–Crippen LogP) is 1.62. The first-order valence-electron chi connectivity index (χ1n) is 7.42. The summed E-state index contributed by atoms with van der Waals surface area (Å²) in [5.74, 6) is 0.453. The van der Waals surface area contributed by atoms with Gasteiger partial charge in [-0.15, -0.1) is 0 Å². The number of nitrogens with two attached hydrogens (primary N) is 1. The Morgan fingerprint density at radius 3 is 2.71 bits per heavy atom. The standard InChI is InChI=1S/C14H22N6S/c1-10-6-19(7-11(2)21-10)4-3-5-20-9-18-12-13(15)16-8-17-14(12)20/h8-11H,3-7H2,1-2H3,(H2,15,16,17). The van der Waals surface area contributed by atoms with Gasteiger partial charge in [0.2, 0.25) is 0 Å². The molecule has 0 aromatic carbocycles. The quantitative estimate of drug-likeness (QED) is 0.925. The van der Waals surface area contributed by atoms with Crippen LogP contribution in [0.3, 0.4) is 0 Å². The van der Waals surface area contributed by atoms with Crippen molar-refractivity contribution in [2.45, 2.75) is 37.3 Å². The molecule has 1 saturated heterocycles. The number of fused-ring (bicyclic) bond motifs is 1. The lowest BCUT2D eigenvalue weighted by molar-refractivity contribution is 0.263. The van der Waals surface area contributed by atoms with E-state index < -0.39 is 0 Å². The van der Waals surface area contributed by atoms with Gasteiger partial charge in [-0.1, -0.05) is 13.8 Å². The number of aryl methyl sites for hydroxylation is 1. The van der Waals surface area contributed by atoms with E-state index in [1.54, 1.807) is 0 Å². The molecule has 0 amide bonds. The van der Waals surface area contributed by atoms with Crippen molar-refractivity contribution >= 4 is 28.7 Å². The number of nitrogens with zero attached hydrogens (tertiary/aromatic N) is 5. The lowest BCUT2D eigenvalue weighted by Gasteiger charge is -2.34. The molecule has 1 aliphatic rings. The van der Waals surface area contributed by atoms with Gasteiger partial charge in [-0.3, -0.25) is 0 Å². The molecule has 2 unspecified atom stereocenters.